The molecule has 4 nitrogen and oxygen atoms in total. The summed E-state index contributed by atoms with van der Waals surface area (Å²) < 4.78 is 0. The number of aromatic nitrogens is 3. The summed E-state index contributed by atoms with van der Waals surface area (Å²) in [5, 5.41) is 10.1. The standard InChI is InChI=1S/C61H52N4/c62-35-36-9-20-54-51(27-36)50-19-14-45(28-55(50)61(54)52-7-3-1-5-48(52)49-6-2-4-8-53(49)61)58-64-56(43-10-15-46(16-11-43)59-29-37-21-38(30-59)23-39(22-37)31-59)63-57(65-58)44-12-17-47(18-13-44)60-32-40-24-41(33-60)26-42(25-40)34-60/h1-20,27-28,37-42H,21-26,29-34H2/t37-,38+,39-,40-,41+,42-,59?,60?. The molecule has 316 valence electrons. The van der Waals surface area contributed by atoms with Crippen LogP contribution in [0.15, 0.2) is 133 Å². The lowest BCUT2D eigenvalue weighted by Crippen LogP contribution is -2.48. The number of nitriles is 1. The van der Waals surface area contributed by atoms with Gasteiger partial charge in [0.1, 0.15) is 0 Å². The van der Waals surface area contributed by atoms with E-state index in [4.69, 9.17) is 15.0 Å². The molecule has 8 bridgehead atoms. The van der Waals surface area contributed by atoms with Crippen molar-refractivity contribution in [1.82, 2.24) is 15.0 Å². The molecular weight excluding hydrogens is 789 g/mol. The lowest BCUT2D eigenvalue weighted by molar-refractivity contribution is -0.00530. The van der Waals surface area contributed by atoms with Crippen LogP contribution in [0.2, 0.25) is 0 Å². The monoisotopic (exact) mass is 840 g/mol. The van der Waals surface area contributed by atoms with Gasteiger partial charge in [-0.1, -0.05) is 115 Å². The van der Waals surface area contributed by atoms with Crippen LogP contribution < -0.4 is 0 Å². The largest absolute Gasteiger partial charge is 0.208 e. The van der Waals surface area contributed by atoms with E-state index in [0.29, 0.717) is 22.2 Å². The predicted molar refractivity (Wildman–Crippen MR) is 257 cm³/mol. The van der Waals surface area contributed by atoms with Gasteiger partial charge in [0.2, 0.25) is 0 Å². The zero-order valence-electron chi connectivity index (χ0n) is 36.9. The summed E-state index contributed by atoms with van der Waals surface area (Å²) in [5.41, 5.74) is 16.7. The van der Waals surface area contributed by atoms with Gasteiger partial charge in [-0.05, 0) is 197 Å². The van der Waals surface area contributed by atoms with E-state index in [1.807, 2.05) is 6.07 Å². The van der Waals surface area contributed by atoms with Crippen LogP contribution in [-0.4, -0.2) is 15.0 Å². The highest BCUT2D eigenvalue weighted by Gasteiger charge is 2.54. The molecule has 0 saturated heterocycles. The highest BCUT2D eigenvalue weighted by molar-refractivity contribution is 5.96. The zero-order chi connectivity index (χ0) is 42.6. The molecule has 0 unspecified atom stereocenters. The van der Waals surface area contributed by atoms with E-state index >= 15 is 0 Å². The molecule has 1 aromatic heterocycles. The average Bonchev–Trinajstić information content (AvgIpc) is 3.80. The molecule has 8 fully saturated rings. The van der Waals surface area contributed by atoms with Crippen molar-refractivity contribution in [2.45, 2.75) is 93.3 Å². The Hall–Kier alpha value is -6.18. The van der Waals surface area contributed by atoms with Crippen molar-refractivity contribution in [3.8, 4) is 62.5 Å². The second-order valence-electron chi connectivity index (χ2n) is 22.3. The van der Waals surface area contributed by atoms with E-state index < -0.39 is 5.41 Å². The highest BCUT2D eigenvalue weighted by Crippen LogP contribution is 2.64. The van der Waals surface area contributed by atoms with E-state index in [9.17, 15) is 5.26 Å². The Morgan fingerprint density at radius 1 is 0.385 bits per heavy atom. The third kappa shape index (κ3) is 5.22. The summed E-state index contributed by atoms with van der Waals surface area (Å²) >= 11 is 0. The van der Waals surface area contributed by atoms with Crippen molar-refractivity contribution in [3.05, 3.63) is 172 Å². The second-order valence-corrected chi connectivity index (χ2v) is 22.3. The number of nitrogens with zero attached hydrogens (tertiary/aromatic N) is 4. The van der Waals surface area contributed by atoms with Crippen LogP contribution in [0, 0.1) is 46.8 Å². The van der Waals surface area contributed by atoms with Crippen molar-refractivity contribution in [2.75, 3.05) is 0 Å². The lowest BCUT2D eigenvalue weighted by atomic mass is 9.48. The molecule has 17 rings (SSSR count). The van der Waals surface area contributed by atoms with Crippen molar-refractivity contribution < 1.29 is 0 Å². The molecule has 6 aromatic carbocycles. The Kier molecular flexibility index (Phi) is 7.54. The fourth-order valence-electron chi connectivity index (χ4n) is 17.0. The molecule has 4 heteroatoms. The number of rotatable bonds is 5. The van der Waals surface area contributed by atoms with Gasteiger partial charge in [-0.15, -0.1) is 0 Å². The fraction of sp³-hybridized carbons (Fsp3) is 0.344. The normalized spacial score (nSPS) is 29.6. The third-order valence-electron chi connectivity index (χ3n) is 18.7. The second kappa shape index (κ2) is 13.2. The number of fused-ring (bicyclic) bond motifs is 10. The minimum absolute atomic E-state index is 0.338. The maximum atomic E-state index is 10.1. The molecular formula is C61H52N4. The third-order valence-corrected chi connectivity index (χ3v) is 18.7. The van der Waals surface area contributed by atoms with Gasteiger partial charge in [-0.2, -0.15) is 5.26 Å². The van der Waals surface area contributed by atoms with Crippen molar-refractivity contribution in [2.24, 2.45) is 35.5 Å². The maximum absolute atomic E-state index is 10.1. The van der Waals surface area contributed by atoms with E-state index in [1.54, 1.807) is 0 Å². The number of hydrogen-bond acceptors (Lipinski definition) is 4. The van der Waals surface area contributed by atoms with Gasteiger partial charge in [-0.25, -0.2) is 15.0 Å². The summed E-state index contributed by atoms with van der Waals surface area (Å²) in [6.45, 7) is 0. The van der Waals surface area contributed by atoms with Gasteiger partial charge < -0.3 is 0 Å². The van der Waals surface area contributed by atoms with Gasteiger partial charge in [0, 0.05) is 16.7 Å². The summed E-state index contributed by atoms with van der Waals surface area (Å²) in [5.74, 6) is 7.56. The van der Waals surface area contributed by atoms with E-state index in [0.717, 1.165) is 75.0 Å². The van der Waals surface area contributed by atoms with Crippen LogP contribution in [0.4, 0.5) is 0 Å². The lowest BCUT2D eigenvalue weighted by Gasteiger charge is -2.57. The molecule has 0 amide bonds. The highest BCUT2D eigenvalue weighted by atomic mass is 15.0. The zero-order valence-corrected chi connectivity index (χ0v) is 36.9. The predicted octanol–water partition coefficient (Wildman–Crippen LogP) is 14.0. The van der Waals surface area contributed by atoms with Gasteiger partial charge in [-0.3, -0.25) is 0 Å². The smallest absolute Gasteiger partial charge is 0.164 e. The van der Waals surface area contributed by atoms with E-state index in [-0.39, 0.29) is 0 Å². The van der Waals surface area contributed by atoms with Gasteiger partial charge in [0.05, 0.1) is 17.0 Å². The summed E-state index contributed by atoms with van der Waals surface area (Å²) in [6, 6.07) is 52.2. The molecule has 0 aliphatic heterocycles. The Morgan fingerprint density at radius 3 is 1.25 bits per heavy atom. The average molecular weight is 841 g/mol. The minimum Gasteiger partial charge on any atom is -0.208 e. The summed E-state index contributed by atoms with van der Waals surface area (Å²) in [7, 11) is 0. The first-order valence-electron chi connectivity index (χ1n) is 24.8. The molecule has 1 spiro atoms. The van der Waals surface area contributed by atoms with Crippen LogP contribution >= 0.6 is 0 Å². The Bertz CT molecular complexity index is 2960. The molecule has 10 aliphatic carbocycles. The van der Waals surface area contributed by atoms with Gasteiger partial charge >= 0.3 is 0 Å². The molecule has 0 radical (unpaired) electrons. The quantitative estimate of drug-likeness (QED) is 0.173. The van der Waals surface area contributed by atoms with Gasteiger partial charge in [0.15, 0.2) is 17.5 Å². The first kappa shape index (κ1) is 37.1. The molecule has 10 aliphatic rings. The van der Waals surface area contributed by atoms with Crippen LogP contribution in [0.5, 0.6) is 0 Å². The SMILES string of the molecule is N#Cc1ccc2c(c1)-c1ccc(-c3nc(-c4ccc(C56C[C@H]7C[C@@H](C5)C[C@@H](C6)C7)cc4)nc(-c4ccc(C56C[C@H]7C[C@@H](C5)C[C@@H](C6)C7)cc4)n3)cc1C21c2ccccc2-c2ccccc21. The Labute approximate surface area is 382 Å². The number of hydrogen-bond donors (Lipinski definition) is 0. The summed E-state index contributed by atoms with van der Waals surface area (Å²) in [6.07, 6.45) is 16.8. The van der Waals surface area contributed by atoms with E-state index in [2.05, 4.69) is 133 Å². The van der Waals surface area contributed by atoms with E-state index in [1.165, 1.54) is 122 Å². The van der Waals surface area contributed by atoms with Crippen LogP contribution in [0.1, 0.15) is 116 Å². The molecule has 0 N–H and O–H groups in total. The van der Waals surface area contributed by atoms with Crippen LogP contribution in [-0.2, 0) is 16.2 Å². The first-order chi connectivity index (χ1) is 31.9. The first-order valence-corrected chi connectivity index (χ1v) is 24.8. The van der Waals surface area contributed by atoms with Crippen LogP contribution in [0.25, 0.3) is 56.4 Å². The van der Waals surface area contributed by atoms with Crippen molar-refractivity contribution in [1.29, 1.82) is 5.26 Å². The fourth-order valence-corrected chi connectivity index (χ4v) is 17.0. The van der Waals surface area contributed by atoms with Crippen LogP contribution in [0.3, 0.4) is 0 Å². The van der Waals surface area contributed by atoms with Gasteiger partial charge in [0.25, 0.3) is 0 Å². The molecule has 8 saturated carbocycles. The van der Waals surface area contributed by atoms with Crippen molar-refractivity contribution >= 4 is 0 Å². The molecule has 7 aromatic rings. The Morgan fingerprint density at radius 2 is 0.785 bits per heavy atom. The number of benzene rings is 6. The topological polar surface area (TPSA) is 62.5 Å². The minimum atomic E-state index is -0.541. The molecule has 0 atom stereocenters. The summed E-state index contributed by atoms with van der Waals surface area (Å²) in [4.78, 5) is 16.2. The van der Waals surface area contributed by atoms with Crippen molar-refractivity contribution in [3.63, 3.8) is 0 Å². The molecule has 1 heterocycles. The molecule has 65 heavy (non-hydrogen) atoms. The maximum Gasteiger partial charge on any atom is 0.164 e. The Balaban J connectivity index is 0.883.